The van der Waals surface area contributed by atoms with Gasteiger partial charge in [-0.05, 0) is 17.7 Å². The molecule has 1 N–H and O–H groups in total. The van der Waals surface area contributed by atoms with Crippen LogP contribution in [-0.2, 0) is 4.79 Å². The Morgan fingerprint density at radius 3 is 2.48 bits per heavy atom. The predicted molar refractivity (Wildman–Crippen MR) is 90.6 cm³/mol. The van der Waals surface area contributed by atoms with Gasteiger partial charge in [-0.1, -0.05) is 43.3 Å². The molecule has 1 heterocycles. The summed E-state index contributed by atoms with van der Waals surface area (Å²) in [5.41, 5.74) is -0.556. The Labute approximate surface area is 152 Å². The number of nitrogens with zero attached hydrogens (tertiary/aromatic N) is 3. The molecule has 9 heteroatoms. The van der Waals surface area contributed by atoms with Gasteiger partial charge in [-0.2, -0.15) is 0 Å². The Morgan fingerprint density at radius 1 is 1.15 bits per heavy atom. The zero-order valence-corrected chi connectivity index (χ0v) is 14.1. The van der Waals surface area contributed by atoms with Crippen molar-refractivity contribution in [3.8, 4) is 16.9 Å². The number of para-hydroxylation sites is 1. The lowest BCUT2D eigenvalue weighted by Crippen LogP contribution is -2.32. The van der Waals surface area contributed by atoms with Crippen LogP contribution in [0.2, 0.25) is 0 Å². The van der Waals surface area contributed by atoms with Gasteiger partial charge in [0.05, 0.1) is 0 Å². The van der Waals surface area contributed by atoms with Crippen LogP contribution in [0.5, 0.6) is 5.75 Å². The van der Waals surface area contributed by atoms with Crippen LogP contribution in [0.4, 0.5) is 13.2 Å². The van der Waals surface area contributed by atoms with Crippen molar-refractivity contribution in [2.24, 2.45) is 15.2 Å². The molecule has 1 aliphatic heterocycles. The summed E-state index contributed by atoms with van der Waals surface area (Å²) in [5.74, 6) is -1.45. The normalized spacial score (nSPS) is 19.0. The van der Waals surface area contributed by atoms with Gasteiger partial charge < -0.3 is 9.84 Å². The highest BCUT2D eigenvalue weighted by Crippen LogP contribution is 2.35. The molecule has 0 aliphatic carbocycles. The van der Waals surface area contributed by atoms with E-state index in [0.717, 1.165) is 0 Å². The number of benzene rings is 2. The van der Waals surface area contributed by atoms with Crippen LogP contribution in [0, 0.1) is 0 Å². The van der Waals surface area contributed by atoms with Gasteiger partial charge in [0, 0.05) is 17.5 Å². The summed E-state index contributed by atoms with van der Waals surface area (Å²) in [6.07, 6.45) is -4.70. The van der Waals surface area contributed by atoms with Crippen molar-refractivity contribution in [1.82, 2.24) is 0 Å². The topological polar surface area (TPSA) is 83.6 Å². The second-order valence-electron chi connectivity index (χ2n) is 5.74. The quantitative estimate of drug-likeness (QED) is 0.823. The van der Waals surface area contributed by atoms with Gasteiger partial charge >= 0.3 is 12.3 Å². The lowest BCUT2D eigenvalue weighted by atomic mass is 10.0. The third-order valence-corrected chi connectivity index (χ3v) is 3.98. The first-order valence-electron chi connectivity index (χ1n) is 7.96. The minimum atomic E-state index is -4.82. The molecule has 3 rings (SSSR count). The summed E-state index contributed by atoms with van der Waals surface area (Å²) >= 11 is 0. The Bertz CT molecular complexity index is 941. The molecule has 0 saturated carbocycles. The molecule has 140 valence electrons. The molecular formula is C18H14F3N3O3. The van der Waals surface area contributed by atoms with E-state index in [1.165, 1.54) is 18.2 Å². The summed E-state index contributed by atoms with van der Waals surface area (Å²) in [6, 6.07) is 12.1. The molecule has 27 heavy (non-hydrogen) atoms. The van der Waals surface area contributed by atoms with Crippen molar-refractivity contribution in [3.05, 3.63) is 54.1 Å². The fraction of sp³-hybridized carbons (Fsp3) is 0.222. The summed E-state index contributed by atoms with van der Waals surface area (Å²) in [6.45, 7) is 1.63. The van der Waals surface area contributed by atoms with Gasteiger partial charge in [0.1, 0.15) is 5.75 Å². The van der Waals surface area contributed by atoms with Crippen LogP contribution < -0.4 is 4.74 Å². The number of carbonyl (C=O) groups is 1. The van der Waals surface area contributed by atoms with Crippen LogP contribution in [0.1, 0.15) is 18.9 Å². The van der Waals surface area contributed by atoms with Crippen molar-refractivity contribution in [3.63, 3.8) is 0 Å². The number of aliphatic carboxylic acids is 1. The highest BCUT2D eigenvalue weighted by molar-refractivity contribution is 6.03. The Morgan fingerprint density at radius 2 is 1.85 bits per heavy atom. The van der Waals surface area contributed by atoms with Gasteiger partial charge in [-0.15, -0.1) is 23.4 Å². The maximum atomic E-state index is 12.6. The smallest absolute Gasteiger partial charge is 0.478 e. The molecule has 0 aromatic heterocycles. The van der Waals surface area contributed by atoms with Crippen molar-refractivity contribution in [2.75, 3.05) is 0 Å². The van der Waals surface area contributed by atoms with E-state index in [9.17, 15) is 23.1 Å². The van der Waals surface area contributed by atoms with Crippen LogP contribution in [0.15, 0.2) is 63.8 Å². The van der Waals surface area contributed by atoms with Crippen molar-refractivity contribution < 1.29 is 27.8 Å². The zero-order valence-electron chi connectivity index (χ0n) is 14.1. The first-order chi connectivity index (χ1) is 12.7. The molecule has 0 amide bonds. The lowest BCUT2D eigenvalue weighted by Gasteiger charge is -2.14. The number of rotatable bonds is 5. The SMILES string of the molecule is CCC1(C(=O)O)N=NC(c2cccc(-c3ccccc3OC(F)(F)F)c2)=N1. The third-order valence-electron chi connectivity index (χ3n) is 3.98. The van der Waals surface area contributed by atoms with E-state index in [-0.39, 0.29) is 23.6 Å². The molecule has 0 spiro atoms. The third kappa shape index (κ3) is 3.81. The fourth-order valence-corrected chi connectivity index (χ4v) is 2.61. The summed E-state index contributed by atoms with van der Waals surface area (Å²) < 4.78 is 42.0. The number of ether oxygens (including phenoxy) is 1. The minimum absolute atomic E-state index is 0.107. The molecule has 1 atom stereocenters. The average Bonchev–Trinajstić information content (AvgIpc) is 3.07. The van der Waals surface area contributed by atoms with E-state index in [1.54, 1.807) is 37.3 Å². The number of alkyl halides is 3. The number of azo groups is 1. The molecule has 2 aromatic carbocycles. The molecule has 0 bridgehead atoms. The molecular weight excluding hydrogens is 363 g/mol. The number of halogens is 3. The standard InChI is InChI=1S/C18H14F3N3O3/c1-2-17(16(25)26)22-15(23-24-17)12-7-5-6-11(10-12)13-8-3-4-9-14(13)27-18(19,20)21/h3-10H,2H2,1H3,(H,25,26). The van der Waals surface area contributed by atoms with E-state index in [4.69, 9.17) is 0 Å². The van der Waals surface area contributed by atoms with Crippen molar-refractivity contribution in [2.45, 2.75) is 25.4 Å². The average molecular weight is 377 g/mol. The van der Waals surface area contributed by atoms with E-state index in [2.05, 4.69) is 20.0 Å². The van der Waals surface area contributed by atoms with Gasteiger partial charge in [-0.25, -0.2) is 9.79 Å². The molecule has 0 saturated heterocycles. The number of carboxylic acids is 1. The molecule has 0 fully saturated rings. The lowest BCUT2D eigenvalue weighted by molar-refractivity contribution is -0.274. The van der Waals surface area contributed by atoms with Crippen LogP contribution in [0.25, 0.3) is 11.1 Å². The second-order valence-corrected chi connectivity index (χ2v) is 5.74. The first kappa shape index (κ1) is 18.6. The van der Waals surface area contributed by atoms with Crippen LogP contribution >= 0.6 is 0 Å². The molecule has 0 radical (unpaired) electrons. The highest BCUT2D eigenvalue weighted by atomic mass is 19.4. The summed E-state index contributed by atoms with van der Waals surface area (Å²) in [5, 5.41) is 16.9. The number of carboxylic acid groups (broad SMARTS) is 1. The number of amidine groups is 1. The number of hydrogen-bond acceptors (Lipinski definition) is 5. The van der Waals surface area contributed by atoms with Gasteiger partial charge in [-0.3, -0.25) is 0 Å². The van der Waals surface area contributed by atoms with E-state index < -0.39 is 18.0 Å². The Hall–Kier alpha value is -3.23. The summed E-state index contributed by atoms with van der Waals surface area (Å²) in [4.78, 5) is 15.5. The maximum absolute atomic E-state index is 12.6. The van der Waals surface area contributed by atoms with Crippen molar-refractivity contribution in [1.29, 1.82) is 0 Å². The molecule has 1 unspecified atom stereocenters. The van der Waals surface area contributed by atoms with Crippen LogP contribution in [0.3, 0.4) is 0 Å². The molecule has 6 nitrogen and oxygen atoms in total. The largest absolute Gasteiger partial charge is 0.573 e. The van der Waals surface area contributed by atoms with E-state index in [1.807, 2.05) is 0 Å². The van der Waals surface area contributed by atoms with Crippen LogP contribution in [-0.4, -0.2) is 28.9 Å². The minimum Gasteiger partial charge on any atom is -0.478 e. The number of hydrogen-bond donors (Lipinski definition) is 1. The monoisotopic (exact) mass is 377 g/mol. The maximum Gasteiger partial charge on any atom is 0.573 e. The Balaban J connectivity index is 2.01. The van der Waals surface area contributed by atoms with Gasteiger partial charge in [0.25, 0.3) is 5.66 Å². The van der Waals surface area contributed by atoms with Crippen molar-refractivity contribution >= 4 is 11.8 Å². The molecule has 2 aromatic rings. The predicted octanol–water partition coefficient (Wildman–Crippen LogP) is 4.66. The zero-order chi connectivity index (χ0) is 19.7. The highest BCUT2D eigenvalue weighted by Gasteiger charge is 2.40. The van der Waals surface area contributed by atoms with Gasteiger partial charge in [0.15, 0.2) is 5.84 Å². The number of aliphatic imine (C=N–C) groups is 1. The second kappa shape index (κ2) is 6.82. The van der Waals surface area contributed by atoms with Gasteiger partial charge in [0.2, 0.25) is 0 Å². The first-order valence-corrected chi connectivity index (χ1v) is 7.96. The summed E-state index contributed by atoms with van der Waals surface area (Å²) in [7, 11) is 0. The van der Waals surface area contributed by atoms with E-state index >= 15 is 0 Å². The van der Waals surface area contributed by atoms with E-state index in [0.29, 0.717) is 11.1 Å². The Kier molecular flexibility index (Phi) is 4.69. The fourth-order valence-electron chi connectivity index (χ4n) is 2.61. The molecule has 1 aliphatic rings.